The molecule has 6 rings (SSSR count). The highest BCUT2D eigenvalue weighted by Crippen LogP contribution is 2.28. The Bertz CT molecular complexity index is 1500. The maximum Gasteiger partial charge on any atom is 0.164 e. The van der Waals surface area contributed by atoms with Crippen LogP contribution in [0.4, 0.5) is 0 Å². The van der Waals surface area contributed by atoms with Crippen molar-refractivity contribution in [2.24, 2.45) is 0 Å². The first-order valence-corrected chi connectivity index (χ1v) is 13.8. The number of aromatic nitrogens is 3. The average molecular weight is 520 g/mol. The van der Waals surface area contributed by atoms with Crippen LogP contribution in [0, 0.1) is 0 Å². The fraction of sp³-hybridized carbons (Fsp3) is 0.0938. The summed E-state index contributed by atoms with van der Waals surface area (Å²) in [6, 6.07) is 39.4. The van der Waals surface area contributed by atoms with Gasteiger partial charge in [0.05, 0.1) is 0 Å². The molecule has 3 nitrogen and oxygen atoms in total. The number of nitrogens with zero attached hydrogens (tertiary/aromatic N) is 3. The van der Waals surface area contributed by atoms with Crippen LogP contribution in [0.2, 0.25) is 0 Å². The zero-order valence-electron chi connectivity index (χ0n) is 20.9. The largest absolute Gasteiger partial charge is 0.208 e. The summed E-state index contributed by atoms with van der Waals surface area (Å²) in [5.74, 6) is 2.02. The molecule has 5 heteroatoms. The van der Waals surface area contributed by atoms with Crippen molar-refractivity contribution in [1.29, 1.82) is 0 Å². The predicted octanol–water partition coefficient (Wildman–Crippen LogP) is 9.36. The standard InChI is InChI=1S/C29H19N3.C3H8.H2S2/c1-2-10-22(11-3-1)27-30-28(25-16-14-20-8-4-6-12-23(20)18-25)32-29(31-27)26-17-15-21-9-5-7-13-24(21)19-26;1-3-2;1-2/h1-19H;3H2,1-2H3;1-2H. The molecular formula is C32H29N3S2. The molecule has 184 valence electrons. The predicted molar refractivity (Wildman–Crippen MR) is 165 cm³/mol. The van der Waals surface area contributed by atoms with Crippen LogP contribution in [0.1, 0.15) is 20.3 Å². The van der Waals surface area contributed by atoms with Gasteiger partial charge in [-0.3, -0.25) is 0 Å². The van der Waals surface area contributed by atoms with Gasteiger partial charge in [0.15, 0.2) is 17.5 Å². The Balaban J connectivity index is 0.000000599. The molecular weight excluding hydrogens is 491 g/mol. The molecule has 0 unspecified atom stereocenters. The number of benzene rings is 5. The van der Waals surface area contributed by atoms with Crippen LogP contribution in [0.15, 0.2) is 115 Å². The second-order valence-corrected chi connectivity index (χ2v) is 8.50. The van der Waals surface area contributed by atoms with Gasteiger partial charge in [-0.2, -0.15) is 0 Å². The zero-order valence-corrected chi connectivity index (χ0v) is 22.7. The smallest absolute Gasteiger partial charge is 0.164 e. The highest BCUT2D eigenvalue weighted by Gasteiger charge is 2.13. The van der Waals surface area contributed by atoms with Crippen molar-refractivity contribution in [2.45, 2.75) is 20.3 Å². The molecule has 0 saturated carbocycles. The van der Waals surface area contributed by atoms with E-state index in [-0.39, 0.29) is 0 Å². The maximum atomic E-state index is 4.89. The van der Waals surface area contributed by atoms with Crippen molar-refractivity contribution < 1.29 is 0 Å². The van der Waals surface area contributed by atoms with Gasteiger partial charge < -0.3 is 0 Å². The van der Waals surface area contributed by atoms with Crippen LogP contribution in [0.25, 0.3) is 55.7 Å². The first-order valence-electron chi connectivity index (χ1n) is 12.2. The third kappa shape index (κ3) is 6.37. The van der Waals surface area contributed by atoms with Gasteiger partial charge in [0.25, 0.3) is 0 Å². The Morgan fingerprint density at radius 1 is 0.432 bits per heavy atom. The van der Waals surface area contributed by atoms with E-state index in [9.17, 15) is 0 Å². The van der Waals surface area contributed by atoms with Gasteiger partial charge in [-0.25, -0.2) is 15.0 Å². The molecule has 6 aromatic rings. The van der Waals surface area contributed by atoms with Crippen molar-refractivity contribution in [1.82, 2.24) is 15.0 Å². The Hall–Kier alpha value is -3.67. The Kier molecular flexibility index (Phi) is 9.30. The fourth-order valence-corrected chi connectivity index (χ4v) is 4.01. The lowest BCUT2D eigenvalue weighted by Crippen LogP contribution is -2.00. The van der Waals surface area contributed by atoms with Crippen LogP contribution in [0.5, 0.6) is 0 Å². The first-order chi connectivity index (χ1) is 18.2. The first kappa shape index (κ1) is 26.4. The van der Waals surface area contributed by atoms with E-state index in [0.717, 1.165) is 16.7 Å². The minimum Gasteiger partial charge on any atom is -0.208 e. The minimum atomic E-state index is 0.673. The number of rotatable bonds is 3. The summed E-state index contributed by atoms with van der Waals surface area (Å²) in [5.41, 5.74) is 2.93. The molecule has 0 bridgehead atoms. The molecule has 0 atom stereocenters. The lowest BCUT2D eigenvalue weighted by molar-refractivity contribution is 1.08. The Morgan fingerprint density at radius 3 is 1.22 bits per heavy atom. The topological polar surface area (TPSA) is 38.7 Å². The molecule has 1 heterocycles. The van der Waals surface area contributed by atoms with Crippen molar-refractivity contribution >= 4 is 44.9 Å². The van der Waals surface area contributed by atoms with E-state index >= 15 is 0 Å². The normalized spacial score (nSPS) is 10.3. The van der Waals surface area contributed by atoms with Crippen molar-refractivity contribution in [2.75, 3.05) is 0 Å². The molecule has 0 saturated heterocycles. The molecule has 0 aliphatic heterocycles. The minimum absolute atomic E-state index is 0.673. The number of hydrogen-bond donors (Lipinski definition) is 2. The molecule has 0 N–H and O–H groups in total. The number of thiol groups is 2. The number of fused-ring (bicyclic) bond motifs is 2. The van der Waals surface area contributed by atoms with Gasteiger partial charge in [-0.05, 0) is 33.7 Å². The zero-order chi connectivity index (χ0) is 26.0. The van der Waals surface area contributed by atoms with Crippen LogP contribution >= 0.6 is 23.3 Å². The van der Waals surface area contributed by atoms with Gasteiger partial charge in [0.1, 0.15) is 0 Å². The van der Waals surface area contributed by atoms with E-state index < -0.39 is 0 Å². The summed E-state index contributed by atoms with van der Waals surface area (Å²) in [6.45, 7) is 4.25. The molecule has 0 spiro atoms. The second kappa shape index (κ2) is 13.0. The SMILES string of the molecule is CCC.SS.c1ccc(-c2nc(-c3ccc4ccccc4c3)nc(-c3ccc4ccccc4c3)n2)cc1. The summed E-state index contributed by atoms with van der Waals surface area (Å²) in [6.07, 6.45) is 1.25. The fourth-order valence-electron chi connectivity index (χ4n) is 4.01. The Morgan fingerprint density at radius 2 is 0.784 bits per heavy atom. The van der Waals surface area contributed by atoms with Gasteiger partial charge in [0.2, 0.25) is 0 Å². The second-order valence-electron chi connectivity index (χ2n) is 8.50. The summed E-state index contributed by atoms with van der Waals surface area (Å²) < 4.78 is 0. The lowest BCUT2D eigenvalue weighted by atomic mass is 10.1. The van der Waals surface area contributed by atoms with E-state index in [1.54, 1.807) is 0 Å². The quantitative estimate of drug-likeness (QED) is 0.181. The summed E-state index contributed by atoms with van der Waals surface area (Å²) >= 11 is 6.44. The molecule has 5 aromatic carbocycles. The van der Waals surface area contributed by atoms with Gasteiger partial charge in [-0.15, -0.1) is 23.3 Å². The van der Waals surface area contributed by atoms with E-state index in [1.807, 2.05) is 30.3 Å². The average Bonchev–Trinajstić information content (AvgIpc) is 2.98. The van der Waals surface area contributed by atoms with Gasteiger partial charge in [0, 0.05) is 16.7 Å². The molecule has 1 aromatic heterocycles. The third-order valence-electron chi connectivity index (χ3n) is 5.68. The van der Waals surface area contributed by atoms with E-state index in [4.69, 9.17) is 15.0 Å². The molecule has 0 radical (unpaired) electrons. The highest BCUT2D eigenvalue weighted by molar-refractivity contribution is 8.59. The van der Waals surface area contributed by atoms with E-state index in [2.05, 4.69) is 122 Å². The van der Waals surface area contributed by atoms with Crippen LogP contribution in [-0.2, 0) is 0 Å². The molecule has 0 fully saturated rings. The molecule has 0 aliphatic rings. The summed E-state index contributed by atoms with van der Waals surface area (Å²) in [4.78, 5) is 14.6. The lowest BCUT2D eigenvalue weighted by Gasteiger charge is -2.09. The number of hydrogen-bond acceptors (Lipinski definition) is 5. The molecule has 0 amide bonds. The van der Waals surface area contributed by atoms with E-state index in [1.165, 1.54) is 28.0 Å². The van der Waals surface area contributed by atoms with E-state index in [0.29, 0.717) is 17.5 Å². The summed E-state index contributed by atoms with van der Waals surface area (Å²) in [5, 5.41) is 4.73. The highest BCUT2D eigenvalue weighted by atomic mass is 33.1. The molecule has 0 aliphatic carbocycles. The summed E-state index contributed by atoms with van der Waals surface area (Å²) in [7, 11) is 0. The monoisotopic (exact) mass is 519 g/mol. The van der Waals surface area contributed by atoms with Crippen molar-refractivity contribution in [3.8, 4) is 34.2 Å². The van der Waals surface area contributed by atoms with Gasteiger partial charge >= 0.3 is 0 Å². The van der Waals surface area contributed by atoms with Crippen LogP contribution < -0.4 is 0 Å². The van der Waals surface area contributed by atoms with Gasteiger partial charge in [-0.1, -0.05) is 123 Å². The van der Waals surface area contributed by atoms with Crippen LogP contribution in [-0.4, -0.2) is 15.0 Å². The third-order valence-corrected chi connectivity index (χ3v) is 5.68. The van der Waals surface area contributed by atoms with Crippen molar-refractivity contribution in [3.63, 3.8) is 0 Å². The van der Waals surface area contributed by atoms with Crippen LogP contribution in [0.3, 0.4) is 0 Å². The maximum absolute atomic E-state index is 4.89. The Labute approximate surface area is 228 Å². The van der Waals surface area contributed by atoms with Crippen molar-refractivity contribution in [3.05, 3.63) is 115 Å². The molecule has 37 heavy (non-hydrogen) atoms.